The first-order valence-corrected chi connectivity index (χ1v) is 13.0. The van der Waals surface area contributed by atoms with Crippen molar-refractivity contribution in [3.63, 3.8) is 0 Å². The number of nitrogens with zero attached hydrogens (tertiary/aromatic N) is 1. The molecule has 0 aromatic heterocycles. The molecule has 3 aliphatic heterocycles. The summed E-state index contributed by atoms with van der Waals surface area (Å²) < 4.78 is 24.4. The second kappa shape index (κ2) is 7.93. The quantitative estimate of drug-likeness (QED) is 0.524. The SMILES string of the molecule is NC1CC2CS(=O)(=O)CC(C1)C2NCc1ccc2c(c1)CN(C1CCC(=O)NC1=O)C2=O. The van der Waals surface area contributed by atoms with E-state index in [-0.39, 0.29) is 53.7 Å². The van der Waals surface area contributed by atoms with Crippen molar-refractivity contribution in [2.75, 3.05) is 11.5 Å². The van der Waals surface area contributed by atoms with Crippen molar-refractivity contribution >= 4 is 27.6 Å². The Labute approximate surface area is 187 Å². The molecule has 5 rings (SSSR count). The lowest BCUT2D eigenvalue weighted by Crippen LogP contribution is -2.57. The molecule has 3 atom stereocenters. The number of benzene rings is 1. The Hall–Kier alpha value is -2.30. The van der Waals surface area contributed by atoms with Gasteiger partial charge in [0.1, 0.15) is 6.04 Å². The van der Waals surface area contributed by atoms with E-state index < -0.39 is 21.8 Å². The molecule has 3 heterocycles. The Kier molecular flexibility index (Phi) is 5.34. The number of rotatable bonds is 4. The number of nitrogens with one attached hydrogen (secondary N) is 2. The minimum absolute atomic E-state index is 0.0292. The normalized spacial score (nSPS) is 33.7. The zero-order valence-electron chi connectivity index (χ0n) is 17.7. The summed E-state index contributed by atoms with van der Waals surface area (Å²) in [5.41, 5.74) is 8.61. The molecule has 1 aliphatic carbocycles. The molecule has 172 valence electrons. The first-order valence-electron chi connectivity index (χ1n) is 11.2. The zero-order valence-corrected chi connectivity index (χ0v) is 18.6. The molecule has 1 saturated carbocycles. The highest BCUT2D eigenvalue weighted by molar-refractivity contribution is 7.91. The fraction of sp³-hybridized carbons (Fsp3) is 0.591. The maximum atomic E-state index is 12.8. The number of nitrogens with two attached hydrogens (primary N) is 1. The molecule has 3 fully saturated rings. The summed E-state index contributed by atoms with van der Waals surface area (Å²) >= 11 is 0. The lowest BCUT2D eigenvalue weighted by Gasteiger charge is -2.45. The third-order valence-electron chi connectivity index (χ3n) is 7.29. The van der Waals surface area contributed by atoms with Crippen molar-refractivity contribution in [2.24, 2.45) is 17.6 Å². The molecule has 4 aliphatic rings. The highest BCUT2D eigenvalue weighted by atomic mass is 32.2. The van der Waals surface area contributed by atoms with Crippen molar-refractivity contribution in [2.45, 2.75) is 56.9 Å². The van der Waals surface area contributed by atoms with Gasteiger partial charge in [0.2, 0.25) is 11.8 Å². The van der Waals surface area contributed by atoms with Crippen molar-refractivity contribution in [3.8, 4) is 0 Å². The van der Waals surface area contributed by atoms with E-state index in [4.69, 9.17) is 5.73 Å². The van der Waals surface area contributed by atoms with Crippen LogP contribution in [0.3, 0.4) is 0 Å². The van der Waals surface area contributed by atoms with Crippen LogP contribution in [0.4, 0.5) is 0 Å². The molecule has 2 saturated heterocycles. The van der Waals surface area contributed by atoms with Crippen LogP contribution in [0.25, 0.3) is 0 Å². The van der Waals surface area contributed by atoms with Gasteiger partial charge in [-0.3, -0.25) is 19.7 Å². The Morgan fingerprint density at radius 2 is 1.84 bits per heavy atom. The lowest BCUT2D eigenvalue weighted by atomic mass is 9.75. The van der Waals surface area contributed by atoms with Crippen molar-refractivity contribution in [1.82, 2.24) is 15.5 Å². The molecule has 32 heavy (non-hydrogen) atoms. The summed E-state index contributed by atoms with van der Waals surface area (Å²) in [6.07, 6.45) is 2.00. The average Bonchev–Trinajstić information content (AvgIpc) is 3.01. The number of carbonyl (C=O) groups is 3. The number of imide groups is 1. The van der Waals surface area contributed by atoms with E-state index >= 15 is 0 Å². The predicted molar refractivity (Wildman–Crippen MR) is 116 cm³/mol. The van der Waals surface area contributed by atoms with E-state index in [0.29, 0.717) is 37.9 Å². The highest BCUT2D eigenvalue weighted by Gasteiger charge is 2.45. The summed E-state index contributed by atoms with van der Waals surface area (Å²) in [7, 11) is -3.01. The number of piperidine rings is 1. The largest absolute Gasteiger partial charge is 0.328 e. The van der Waals surface area contributed by atoms with E-state index in [9.17, 15) is 22.8 Å². The summed E-state index contributed by atoms with van der Waals surface area (Å²) in [5, 5.41) is 5.88. The topological polar surface area (TPSA) is 139 Å². The van der Waals surface area contributed by atoms with Crippen LogP contribution in [-0.4, -0.2) is 60.7 Å². The van der Waals surface area contributed by atoms with Crippen molar-refractivity contribution in [3.05, 3.63) is 34.9 Å². The van der Waals surface area contributed by atoms with Gasteiger partial charge < -0.3 is 16.0 Å². The van der Waals surface area contributed by atoms with Gasteiger partial charge in [0, 0.05) is 37.2 Å². The lowest BCUT2D eigenvalue weighted by molar-refractivity contribution is -0.136. The minimum atomic E-state index is -3.01. The van der Waals surface area contributed by atoms with Crippen LogP contribution in [0.2, 0.25) is 0 Å². The summed E-state index contributed by atoms with van der Waals surface area (Å²) in [6, 6.07) is 5.23. The molecule has 0 spiro atoms. The molecule has 3 amide bonds. The van der Waals surface area contributed by atoms with Crippen LogP contribution in [0.5, 0.6) is 0 Å². The Morgan fingerprint density at radius 3 is 2.53 bits per heavy atom. The molecule has 3 unspecified atom stereocenters. The van der Waals surface area contributed by atoms with Crippen LogP contribution >= 0.6 is 0 Å². The summed E-state index contributed by atoms with van der Waals surface area (Å²) in [6.45, 7) is 0.920. The molecule has 1 aromatic rings. The van der Waals surface area contributed by atoms with Gasteiger partial charge in [-0.15, -0.1) is 0 Å². The third-order valence-corrected chi connectivity index (χ3v) is 9.16. The van der Waals surface area contributed by atoms with Crippen LogP contribution < -0.4 is 16.4 Å². The molecule has 2 bridgehead atoms. The van der Waals surface area contributed by atoms with Gasteiger partial charge in [-0.2, -0.15) is 0 Å². The fourth-order valence-corrected chi connectivity index (χ4v) is 8.05. The molecule has 4 N–H and O–H groups in total. The number of fused-ring (bicyclic) bond motifs is 3. The standard InChI is InChI=1S/C22H28N4O5S/c23-16-6-14-10-32(30,31)11-15(7-16)20(14)24-8-12-1-2-17-13(5-12)9-26(22(17)29)18-3-4-19(27)25-21(18)28/h1-2,5,14-16,18,20,24H,3-4,6-11,23H2,(H,25,27,28). The Balaban J connectivity index is 1.27. The summed E-state index contributed by atoms with van der Waals surface area (Å²) in [5.74, 6) is -0.465. The number of carbonyl (C=O) groups excluding carboxylic acids is 3. The Morgan fingerprint density at radius 1 is 1.12 bits per heavy atom. The van der Waals surface area contributed by atoms with Gasteiger partial charge in [-0.1, -0.05) is 12.1 Å². The maximum Gasteiger partial charge on any atom is 0.255 e. The van der Waals surface area contributed by atoms with E-state index in [0.717, 1.165) is 11.1 Å². The van der Waals surface area contributed by atoms with Crippen LogP contribution in [0.1, 0.15) is 47.2 Å². The first-order chi connectivity index (χ1) is 15.2. The van der Waals surface area contributed by atoms with Gasteiger partial charge in [0.25, 0.3) is 5.91 Å². The van der Waals surface area contributed by atoms with Crippen LogP contribution in [0, 0.1) is 11.8 Å². The van der Waals surface area contributed by atoms with E-state index in [2.05, 4.69) is 10.6 Å². The van der Waals surface area contributed by atoms with E-state index in [1.165, 1.54) is 0 Å². The number of sulfone groups is 1. The second-order valence-electron chi connectivity index (χ2n) is 9.63. The predicted octanol–water partition coefficient (Wildman–Crippen LogP) is -0.312. The van der Waals surface area contributed by atoms with Gasteiger partial charge in [0.15, 0.2) is 9.84 Å². The monoisotopic (exact) mass is 460 g/mol. The molecule has 0 radical (unpaired) electrons. The van der Waals surface area contributed by atoms with Gasteiger partial charge >= 0.3 is 0 Å². The molecular formula is C22H28N4O5S. The van der Waals surface area contributed by atoms with Gasteiger partial charge in [-0.05, 0) is 48.3 Å². The fourth-order valence-electron chi connectivity index (χ4n) is 5.92. The first kappa shape index (κ1) is 21.5. The van der Waals surface area contributed by atoms with Crippen LogP contribution in [0.15, 0.2) is 18.2 Å². The van der Waals surface area contributed by atoms with Gasteiger partial charge in [-0.25, -0.2) is 8.42 Å². The van der Waals surface area contributed by atoms with E-state index in [1.807, 2.05) is 12.1 Å². The molecule has 10 heteroatoms. The minimum Gasteiger partial charge on any atom is -0.328 e. The summed E-state index contributed by atoms with van der Waals surface area (Å²) in [4.78, 5) is 38.0. The smallest absolute Gasteiger partial charge is 0.255 e. The van der Waals surface area contributed by atoms with Gasteiger partial charge in [0.05, 0.1) is 11.5 Å². The van der Waals surface area contributed by atoms with Crippen molar-refractivity contribution < 1.29 is 22.8 Å². The third kappa shape index (κ3) is 3.95. The number of amides is 3. The van der Waals surface area contributed by atoms with Crippen LogP contribution in [-0.2, 0) is 32.5 Å². The molecule has 1 aromatic carbocycles. The van der Waals surface area contributed by atoms with E-state index in [1.54, 1.807) is 11.0 Å². The number of hydrogen-bond acceptors (Lipinski definition) is 7. The van der Waals surface area contributed by atoms with Crippen molar-refractivity contribution in [1.29, 1.82) is 0 Å². The number of hydrogen-bond donors (Lipinski definition) is 3. The molecular weight excluding hydrogens is 432 g/mol. The maximum absolute atomic E-state index is 12.8. The average molecular weight is 461 g/mol. The highest BCUT2D eigenvalue weighted by Crippen LogP contribution is 2.36. The molecule has 9 nitrogen and oxygen atoms in total. The second-order valence-corrected chi connectivity index (χ2v) is 11.8. The zero-order chi connectivity index (χ0) is 22.6. The Bertz CT molecular complexity index is 1070.